The maximum absolute atomic E-state index is 5.40. The molecule has 9 nitrogen and oxygen atoms in total. The Morgan fingerprint density at radius 3 is 2.95 bits per heavy atom. The molecule has 0 spiro atoms. The molecule has 0 bridgehead atoms. The van der Waals surface area contributed by atoms with Gasteiger partial charge in [0.15, 0.2) is 5.65 Å². The summed E-state index contributed by atoms with van der Waals surface area (Å²) in [5.41, 5.74) is 3.08. The molecule has 0 atom stereocenters. The Kier molecular flexibility index (Phi) is 6.13. The number of nitrogen functional groups attached to an aromatic ring is 1. The average Bonchev–Trinajstić information content (AvgIpc) is 2.98. The molecule has 0 unspecified atom stereocenters. The standard InChI is InChI=1S/C12H21N7O2/c1-20-6-7-21-5-3-2-4-14-10-9-8-15-19-11(9)17-12(16-10)18-13/h8H,2-7,13H2,1H3,(H3,14,15,16,17,18,19). The lowest BCUT2D eigenvalue weighted by atomic mass is 10.3. The molecular weight excluding hydrogens is 274 g/mol. The van der Waals surface area contributed by atoms with Crippen molar-refractivity contribution in [3.63, 3.8) is 0 Å². The fraction of sp³-hybridized carbons (Fsp3) is 0.583. The summed E-state index contributed by atoms with van der Waals surface area (Å²) in [6, 6.07) is 0. The molecule has 9 heteroatoms. The maximum Gasteiger partial charge on any atom is 0.241 e. The fourth-order valence-corrected chi connectivity index (χ4v) is 1.81. The highest BCUT2D eigenvalue weighted by atomic mass is 16.5. The Hall–Kier alpha value is -1.97. The molecule has 21 heavy (non-hydrogen) atoms. The number of unbranched alkanes of at least 4 members (excludes halogenated alkanes) is 1. The molecule has 2 rings (SSSR count). The Bertz CT molecular complexity index is 545. The van der Waals surface area contributed by atoms with Gasteiger partial charge in [0, 0.05) is 20.3 Å². The van der Waals surface area contributed by atoms with Crippen LogP contribution in [0.25, 0.3) is 11.0 Å². The number of fused-ring (bicyclic) bond motifs is 1. The van der Waals surface area contributed by atoms with Crippen LogP contribution >= 0.6 is 0 Å². The van der Waals surface area contributed by atoms with Crippen molar-refractivity contribution in [1.29, 1.82) is 0 Å². The zero-order chi connectivity index (χ0) is 14.9. The maximum atomic E-state index is 5.40. The third kappa shape index (κ3) is 4.52. The van der Waals surface area contributed by atoms with Gasteiger partial charge < -0.3 is 14.8 Å². The summed E-state index contributed by atoms with van der Waals surface area (Å²) in [7, 11) is 1.66. The van der Waals surface area contributed by atoms with E-state index < -0.39 is 0 Å². The molecule has 0 aliphatic heterocycles. The zero-order valence-electron chi connectivity index (χ0n) is 12.1. The number of aromatic amines is 1. The lowest BCUT2D eigenvalue weighted by Gasteiger charge is -2.08. The molecule has 2 heterocycles. The molecule has 0 aliphatic rings. The number of rotatable bonds is 10. The van der Waals surface area contributed by atoms with Crippen LogP contribution in [0.5, 0.6) is 0 Å². The van der Waals surface area contributed by atoms with Crippen molar-refractivity contribution in [1.82, 2.24) is 20.2 Å². The van der Waals surface area contributed by atoms with Crippen LogP contribution in [0.1, 0.15) is 12.8 Å². The van der Waals surface area contributed by atoms with Gasteiger partial charge in [-0.25, -0.2) is 5.84 Å². The first-order chi connectivity index (χ1) is 10.3. The predicted octanol–water partition coefficient (Wildman–Crippen LogP) is 0.494. The van der Waals surface area contributed by atoms with E-state index in [1.54, 1.807) is 13.3 Å². The molecule has 5 N–H and O–H groups in total. The van der Waals surface area contributed by atoms with Gasteiger partial charge in [-0.2, -0.15) is 15.1 Å². The molecule has 0 aliphatic carbocycles. The summed E-state index contributed by atoms with van der Waals surface area (Å²) < 4.78 is 10.3. The second-order valence-electron chi connectivity index (χ2n) is 4.41. The van der Waals surface area contributed by atoms with Gasteiger partial charge in [0.05, 0.1) is 24.8 Å². The third-order valence-corrected chi connectivity index (χ3v) is 2.88. The molecule has 0 fully saturated rings. The quantitative estimate of drug-likeness (QED) is 0.284. The van der Waals surface area contributed by atoms with Crippen LogP contribution in [0.4, 0.5) is 11.8 Å². The van der Waals surface area contributed by atoms with E-state index in [-0.39, 0.29) is 0 Å². The van der Waals surface area contributed by atoms with E-state index in [1.165, 1.54) is 0 Å². The summed E-state index contributed by atoms with van der Waals surface area (Å²) in [6.07, 6.45) is 3.63. The van der Waals surface area contributed by atoms with Crippen molar-refractivity contribution in [2.75, 3.05) is 44.2 Å². The lowest BCUT2D eigenvalue weighted by molar-refractivity contribution is 0.0691. The van der Waals surface area contributed by atoms with E-state index in [0.29, 0.717) is 30.6 Å². The Labute approximate surface area is 122 Å². The first-order valence-corrected chi connectivity index (χ1v) is 6.83. The van der Waals surface area contributed by atoms with E-state index in [9.17, 15) is 0 Å². The van der Waals surface area contributed by atoms with Gasteiger partial charge in [-0.3, -0.25) is 10.5 Å². The van der Waals surface area contributed by atoms with Gasteiger partial charge in [0.25, 0.3) is 0 Å². The Morgan fingerprint density at radius 2 is 2.14 bits per heavy atom. The van der Waals surface area contributed by atoms with Gasteiger partial charge >= 0.3 is 0 Å². The summed E-state index contributed by atoms with van der Waals surface area (Å²) in [4.78, 5) is 8.45. The number of nitrogens with zero attached hydrogens (tertiary/aromatic N) is 3. The van der Waals surface area contributed by atoms with Gasteiger partial charge in [-0.05, 0) is 12.8 Å². The minimum atomic E-state index is 0.345. The van der Waals surface area contributed by atoms with Crippen molar-refractivity contribution in [2.24, 2.45) is 5.84 Å². The first kappa shape index (κ1) is 15.4. The average molecular weight is 295 g/mol. The van der Waals surface area contributed by atoms with Crippen LogP contribution in [0.15, 0.2) is 6.20 Å². The lowest BCUT2D eigenvalue weighted by Crippen LogP contribution is -2.13. The number of ether oxygens (including phenoxy) is 2. The van der Waals surface area contributed by atoms with Gasteiger partial charge in [-0.1, -0.05) is 0 Å². The van der Waals surface area contributed by atoms with Crippen LogP contribution in [0.3, 0.4) is 0 Å². The normalized spacial score (nSPS) is 11.0. The van der Waals surface area contributed by atoms with Gasteiger partial charge in [0.2, 0.25) is 5.95 Å². The Morgan fingerprint density at radius 1 is 1.24 bits per heavy atom. The summed E-state index contributed by atoms with van der Waals surface area (Å²) in [5.74, 6) is 6.40. The molecule has 0 radical (unpaired) electrons. The van der Waals surface area contributed by atoms with Crippen molar-refractivity contribution in [3.05, 3.63) is 6.20 Å². The van der Waals surface area contributed by atoms with Crippen LogP contribution < -0.4 is 16.6 Å². The van der Waals surface area contributed by atoms with E-state index in [4.69, 9.17) is 15.3 Å². The molecule has 116 valence electrons. The van der Waals surface area contributed by atoms with Crippen molar-refractivity contribution >= 4 is 22.8 Å². The van der Waals surface area contributed by atoms with Crippen LogP contribution in [0, 0.1) is 0 Å². The monoisotopic (exact) mass is 295 g/mol. The molecule has 2 aromatic rings. The molecular formula is C12H21N7O2. The number of hydrogen-bond acceptors (Lipinski definition) is 8. The number of hydrazine groups is 1. The summed E-state index contributed by atoms with van der Waals surface area (Å²) >= 11 is 0. The van der Waals surface area contributed by atoms with E-state index >= 15 is 0 Å². The number of nitrogens with one attached hydrogen (secondary N) is 3. The number of methoxy groups -OCH3 is 1. The van der Waals surface area contributed by atoms with Gasteiger partial charge in [0.1, 0.15) is 5.82 Å². The summed E-state index contributed by atoms with van der Waals surface area (Å²) in [6.45, 7) is 2.78. The molecule has 0 aromatic carbocycles. The predicted molar refractivity (Wildman–Crippen MR) is 79.9 cm³/mol. The topological polar surface area (TPSA) is 123 Å². The van der Waals surface area contributed by atoms with E-state index in [0.717, 1.165) is 31.4 Å². The third-order valence-electron chi connectivity index (χ3n) is 2.88. The highest BCUT2D eigenvalue weighted by molar-refractivity contribution is 5.86. The second-order valence-corrected chi connectivity index (χ2v) is 4.41. The molecule has 0 amide bonds. The highest BCUT2D eigenvalue weighted by Crippen LogP contribution is 2.19. The number of aromatic nitrogens is 4. The fourth-order valence-electron chi connectivity index (χ4n) is 1.81. The molecule has 2 aromatic heterocycles. The van der Waals surface area contributed by atoms with Crippen LogP contribution in [-0.4, -0.2) is 53.6 Å². The van der Waals surface area contributed by atoms with Crippen molar-refractivity contribution in [3.8, 4) is 0 Å². The van der Waals surface area contributed by atoms with Gasteiger partial charge in [-0.15, -0.1) is 0 Å². The van der Waals surface area contributed by atoms with Crippen LogP contribution in [0.2, 0.25) is 0 Å². The van der Waals surface area contributed by atoms with Crippen molar-refractivity contribution < 1.29 is 9.47 Å². The zero-order valence-corrected chi connectivity index (χ0v) is 12.1. The van der Waals surface area contributed by atoms with Crippen LogP contribution in [-0.2, 0) is 9.47 Å². The number of hydrogen-bond donors (Lipinski definition) is 4. The Balaban J connectivity index is 1.76. The molecule has 0 saturated carbocycles. The first-order valence-electron chi connectivity index (χ1n) is 6.83. The summed E-state index contributed by atoms with van der Waals surface area (Å²) in [5, 5.41) is 10.9. The smallest absolute Gasteiger partial charge is 0.241 e. The second kappa shape index (κ2) is 8.35. The highest BCUT2D eigenvalue weighted by Gasteiger charge is 2.08. The number of H-pyrrole nitrogens is 1. The minimum Gasteiger partial charge on any atom is -0.382 e. The minimum absolute atomic E-state index is 0.345. The number of nitrogens with two attached hydrogens (primary N) is 1. The molecule has 0 saturated heterocycles. The SMILES string of the molecule is COCCOCCCCNc1nc(NN)nc2[nH]ncc12. The van der Waals surface area contributed by atoms with E-state index in [1.807, 2.05) is 0 Å². The number of anilines is 2. The van der Waals surface area contributed by atoms with Crippen molar-refractivity contribution in [2.45, 2.75) is 12.8 Å². The van der Waals surface area contributed by atoms with E-state index in [2.05, 4.69) is 30.9 Å². The largest absolute Gasteiger partial charge is 0.382 e.